The Labute approximate surface area is 114 Å². The maximum atomic E-state index is 11.4. The van der Waals surface area contributed by atoms with Crippen molar-refractivity contribution in [2.24, 2.45) is 0 Å². The average molecular weight is 260 g/mol. The fourth-order valence-electron chi connectivity index (χ4n) is 2.39. The zero-order chi connectivity index (χ0) is 13.7. The molecule has 0 fully saturated rings. The molecule has 0 aliphatic heterocycles. The molecule has 0 amide bonds. The standard InChI is InChI=1S/C16H20O3/c1-3-18-16(17)11-12(2)19-15-10-6-8-13-7-4-5-9-14(13)15/h6,8,10-11H,3-5,7,9H2,1-2H3/b12-11-. The van der Waals surface area contributed by atoms with Crippen LogP contribution >= 0.6 is 0 Å². The average Bonchev–Trinajstić information content (AvgIpc) is 2.39. The highest BCUT2D eigenvalue weighted by Gasteiger charge is 2.14. The number of hydrogen-bond donors (Lipinski definition) is 0. The predicted octanol–water partition coefficient (Wildman–Crippen LogP) is 3.41. The highest BCUT2D eigenvalue weighted by atomic mass is 16.5. The molecule has 19 heavy (non-hydrogen) atoms. The molecule has 0 aromatic heterocycles. The van der Waals surface area contributed by atoms with E-state index in [2.05, 4.69) is 6.07 Å². The summed E-state index contributed by atoms with van der Waals surface area (Å²) in [6.07, 6.45) is 6.01. The zero-order valence-corrected chi connectivity index (χ0v) is 11.6. The van der Waals surface area contributed by atoms with Crippen LogP contribution in [-0.4, -0.2) is 12.6 Å². The third-order valence-electron chi connectivity index (χ3n) is 3.23. The quantitative estimate of drug-likeness (QED) is 0.473. The Kier molecular flexibility index (Phi) is 4.61. The molecule has 0 heterocycles. The summed E-state index contributed by atoms with van der Waals surface area (Å²) in [6.45, 7) is 3.94. The van der Waals surface area contributed by atoms with E-state index in [0.29, 0.717) is 12.4 Å². The number of carbonyl (C=O) groups is 1. The van der Waals surface area contributed by atoms with Gasteiger partial charge in [-0.05, 0) is 56.7 Å². The molecule has 0 saturated heterocycles. The van der Waals surface area contributed by atoms with Crippen molar-refractivity contribution < 1.29 is 14.3 Å². The lowest BCUT2D eigenvalue weighted by atomic mass is 9.91. The van der Waals surface area contributed by atoms with Gasteiger partial charge in [-0.25, -0.2) is 4.79 Å². The number of fused-ring (bicyclic) bond motifs is 1. The summed E-state index contributed by atoms with van der Waals surface area (Å²) >= 11 is 0. The summed E-state index contributed by atoms with van der Waals surface area (Å²) in [4.78, 5) is 11.4. The van der Waals surface area contributed by atoms with Crippen LogP contribution in [0.2, 0.25) is 0 Å². The van der Waals surface area contributed by atoms with E-state index in [-0.39, 0.29) is 5.97 Å². The monoisotopic (exact) mass is 260 g/mol. The number of hydrogen-bond acceptors (Lipinski definition) is 3. The van der Waals surface area contributed by atoms with Gasteiger partial charge in [-0.1, -0.05) is 12.1 Å². The molecule has 0 N–H and O–H groups in total. The molecule has 1 aliphatic rings. The number of benzene rings is 1. The fraction of sp³-hybridized carbons (Fsp3) is 0.438. The molecule has 1 aromatic carbocycles. The summed E-state index contributed by atoms with van der Waals surface area (Å²) in [5.41, 5.74) is 2.65. The van der Waals surface area contributed by atoms with Gasteiger partial charge in [0, 0.05) is 0 Å². The van der Waals surface area contributed by atoms with Crippen molar-refractivity contribution >= 4 is 5.97 Å². The van der Waals surface area contributed by atoms with Gasteiger partial charge in [0.05, 0.1) is 12.7 Å². The minimum absolute atomic E-state index is 0.357. The Bertz CT molecular complexity index is 489. The van der Waals surface area contributed by atoms with Gasteiger partial charge in [-0.15, -0.1) is 0 Å². The number of rotatable bonds is 4. The smallest absolute Gasteiger partial charge is 0.334 e. The van der Waals surface area contributed by atoms with Crippen LogP contribution in [-0.2, 0) is 22.4 Å². The topological polar surface area (TPSA) is 35.5 Å². The predicted molar refractivity (Wildman–Crippen MR) is 74.1 cm³/mol. The van der Waals surface area contributed by atoms with Crippen LogP contribution in [0.4, 0.5) is 0 Å². The van der Waals surface area contributed by atoms with E-state index in [0.717, 1.165) is 18.6 Å². The van der Waals surface area contributed by atoms with E-state index >= 15 is 0 Å². The van der Waals surface area contributed by atoms with E-state index in [1.165, 1.54) is 30.0 Å². The van der Waals surface area contributed by atoms with Gasteiger partial charge in [0.2, 0.25) is 0 Å². The van der Waals surface area contributed by atoms with Gasteiger partial charge >= 0.3 is 5.97 Å². The van der Waals surface area contributed by atoms with Crippen LogP contribution in [0.1, 0.15) is 37.8 Å². The summed E-state index contributed by atoms with van der Waals surface area (Å²) < 4.78 is 10.7. The number of aryl methyl sites for hydroxylation is 1. The minimum Gasteiger partial charge on any atom is -0.463 e. The van der Waals surface area contributed by atoms with Crippen molar-refractivity contribution in [2.45, 2.75) is 39.5 Å². The first-order chi connectivity index (χ1) is 9.20. The molecule has 0 radical (unpaired) electrons. The van der Waals surface area contributed by atoms with E-state index < -0.39 is 0 Å². The van der Waals surface area contributed by atoms with Gasteiger partial charge in [-0.3, -0.25) is 0 Å². The molecule has 1 aromatic rings. The van der Waals surface area contributed by atoms with Gasteiger partial charge in [0.15, 0.2) is 0 Å². The molecule has 102 valence electrons. The summed E-state index contributed by atoms with van der Waals surface area (Å²) in [5, 5.41) is 0. The number of carbonyl (C=O) groups excluding carboxylic acids is 1. The summed E-state index contributed by atoms with van der Waals surface area (Å²) in [6, 6.07) is 6.13. The summed E-state index contributed by atoms with van der Waals surface area (Å²) in [7, 11) is 0. The second-order valence-electron chi connectivity index (χ2n) is 4.71. The van der Waals surface area contributed by atoms with Crippen LogP contribution in [0.5, 0.6) is 5.75 Å². The molecule has 0 atom stereocenters. The van der Waals surface area contributed by atoms with Crippen LogP contribution < -0.4 is 4.74 Å². The maximum Gasteiger partial charge on any atom is 0.334 e. The molecule has 0 saturated carbocycles. The molecule has 0 bridgehead atoms. The molecule has 0 unspecified atom stereocenters. The first-order valence-corrected chi connectivity index (χ1v) is 6.84. The van der Waals surface area contributed by atoms with Crippen molar-refractivity contribution in [3.8, 4) is 5.75 Å². The van der Waals surface area contributed by atoms with E-state index in [9.17, 15) is 4.79 Å². The Morgan fingerprint density at radius 1 is 1.32 bits per heavy atom. The number of esters is 1. The molecule has 2 rings (SSSR count). The largest absolute Gasteiger partial charge is 0.463 e. The van der Waals surface area contributed by atoms with Crippen LogP contribution in [0.15, 0.2) is 30.0 Å². The fourth-order valence-corrected chi connectivity index (χ4v) is 2.39. The normalized spacial score (nSPS) is 14.7. The lowest BCUT2D eigenvalue weighted by Gasteiger charge is -2.19. The second kappa shape index (κ2) is 6.41. The molecule has 1 aliphatic carbocycles. The first kappa shape index (κ1) is 13.7. The van der Waals surface area contributed by atoms with Gasteiger partial charge < -0.3 is 9.47 Å². The Balaban J connectivity index is 2.13. The van der Waals surface area contributed by atoms with Gasteiger partial charge in [0.1, 0.15) is 11.5 Å². The zero-order valence-electron chi connectivity index (χ0n) is 11.6. The highest BCUT2D eigenvalue weighted by Crippen LogP contribution is 2.30. The second-order valence-corrected chi connectivity index (χ2v) is 4.71. The maximum absolute atomic E-state index is 11.4. The SMILES string of the molecule is CCOC(=O)/C=C(/C)Oc1cccc2c1CCCC2. The van der Waals surface area contributed by atoms with Crippen molar-refractivity contribution in [1.82, 2.24) is 0 Å². The molecular weight excluding hydrogens is 240 g/mol. The van der Waals surface area contributed by atoms with Gasteiger partial charge in [0.25, 0.3) is 0 Å². The van der Waals surface area contributed by atoms with Crippen molar-refractivity contribution in [3.63, 3.8) is 0 Å². The Morgan fingerprint density at radius 2 is 2.11 bits per heavy atom. The van der Waals surface area contributed by atoms with Gasteiger partial charge in [-0.2, -0.15) is 0 Å². The Hall–Kier alpha value is -1.77. The van der Waals surface area contributed by atoms with Crippen LogP contribution in [0, 0.1) is 0 Å². The van der Waals surface area contributed by atoms with Crippen LogP contribution in [0.25, 0.3) is 0 Å². The molecular formula is C16H20O3. The van der Waals surface area contributed by atoms with E-state index in [1.54, 1.807) is 13.8 Å². The molecule has 3 heteroatoms. The van der Waals surface area contributed by atoms with E-state index in [4.69, 9.17) is 9.47 Å². The summed E-state index contributed by atoms with van der Waals surface area (Å²) in [5.74, 6) is 1.08. The number of ether oxygens (including phenoxy) is 2. The van der Waals surface area contributed by atoms with E-state index in [1.807, 2.05) is 12.1 Å². The van der Waals surface area contributed by atoms with Crippen molar-refractivity contribution in [3.05, 3.63) is 41.2 Å². The molecule has 0 spiro atoms. The third kappa shape index (κ3) is 3.60. The highest BCUT2D eigenvalue weighted by molar-refractivity contribution is 5.82. The minimum atomic E-state index is -0.357. The lowest BCUT2D eigenvalue weighted by molar-refractivity contribution is -0.137. The van der Waals surface area contributed by atoms with Crippen molar-refractivity contribution in [1.29, 1.82) is 0 Å². The third-order valence-corrected chi connectivity index (χ3v) is 3.23. The van der Waals surface area contributed by atoms with Crippen LogP contribution in [0.3, 0.4) is 0 Å². The first-order valence-electron chi connectivity index (χ1n) is 6.84. The number of allylic oxidation sites excluding steroid dienone is 1. The Morgan fingerprint density at radius 3 is 2.89 bits per heavy atom. The lowest BCUT2D eigenvalue weighted by Crippen LogP contribution is -2.07. The molecule has 3 nitrogen and oxygen atoms in total. The van der Waals surface area contributed by atoms with Crippen molar-refractivity contribution in [2.75, 3.05) is 6.61 Å².